The van der Waals surface area contributed by atoms with E-state index < -0.39 is 22.0 Å². The van der Waals surface area contributed by atoms with Crippen LogP contribution in [0.25, 0.3) is 6.08 Å². The Bertz CT molecular complexity index is 1400. The third-order valence-electron chi connectivity index (χ3n) is 5.65. The molecule has 2 atom stereocenters. The van der Waals surface area contributed by atoms with E-state index in [1.54, 1.807) is 30.3 Å². The van der Waals surface area contributed by atoms with Crippen LogP contribution in [0.3, 0.4) is 0 Å². The second-order valence-corrected chi connectivity index (χ2v) is 11.1. The molecule has 0 aromatic heterocycles. The highest BCUT2D eigenvalue weighted by molar-refractivity contribution is 8.13. The third kappa shape index (κ3) is 6.82. The molecule has 1 N–H and O–H groups in total. The van der Waals surface area contributed by atoms with Crippen molar-refractivity contribution < 1.29 is 13.2 Å². The lowest BCUT2D eigenvalue weighted by Gasteiger charge is -2.25. The van der Waals surface area contributed by atoms with Gasteiger partial charge in [-0.25, -0.2) is 13.1 Å². The maximum Gasteiger partial charge on any atom is 0.241 e. The van der Waals surface area contributed by atoms with Gasteiger partial charge in [0.2, 0.25) is 15.1 Å². The Kier molecular flexibility index (Phi) is 8.54. The number of nitrogens with one attached hydrogen (secondary N) is 1. The number of hydrogen-bond donors (Lipinski definition) is 1. The zero-order valence-electron chi connectivity index (χ0n) is 19.8. The number of thioether (sulfide) groups is 1. The van der Waals surface area contributed by atoms with Gasteiger partial charge in [-0.05, 0) is 42.3 Å². The molecule has 0 radical (unpaired) electrons. The fraction of sp³-hybridized carbons (Fsp3) is 0.100. The predicted octanol–water partition coefficient (Wildman–Crippen LogP) is 6.46. The zero-order chi connectivity index (χ0) is 25.4. The smallest absolute Gasteiger partial charge is 0.241 e. The topological polar surface area (TPSA) is 63.2 Å². The van der Waals surface area contributed by atoms with Gasteiger partial charge in [-0.1, -0.05) is 120 Å². The van der Waals surface area contributed by atoms with Crippen LogP contribution in [0.4, 0.5) is 0 Å². The maximum atomic E-state index is 13.7. The summed E-state index contributed by atoms with van der Waals surface area (Å²) in [5.74, 6) is -0.753. The summed E-state index contributed by atoms with van der Waals surface area (Å²) in [7, 11) is -3.90. The number of carbonyl (C=O) groups excluding carboxylic acids is 1. The minimum atomic E-state index is -3.90. The largest absolute Gasteiger partial charge is 0.286 e. The molecule has 0 heterocycles. The van der Waals surface area contributed by atoms with Gasteiger partial charge in [0.05, 0.1) is 16.9 Å². The predicted molar refractivity (Wildman–Crippen MR) is 147 cm³/mol. The first-order chi connectivity index (χ1) is 17.4. The van der Waals surface area contributed by atoms with Gasteiger partial charge < -0.3 is 0 Å². The van der Waals surface area contributed by atoms with E-state index in [0.717, 1.165) is 33.3 Å². The molecule has 4 aromatic rings. The van der Waals surface area contributed by atoms with Crippen molar-refractivity contribution >= 4 is 33.0 Å². The van der Waals surface area contributed by atoms with Gasteiger partial charge in [-0.2, -0.15) is 0 Å². The van der Waals surface area contributed by atoms with Crippen LogP contribution < -0.4 is 4.72 Å². The normalized spacial score (nSPS) is 13.4. The standard InChI is InChI=1S/C30H27NO3S2/c1-23-17-20-27(21-18-23)36(33,34)31-28(22-19-24-11-5-2-6-12-24)29(25-13-7-3-8-14-25)30(32)35-26-15-9-4-10-16-26/h2-22,28-29,31H,1H3/b22-19+/t28-,29+/m1/s1. The van der Waals surface area contributed by atoms with Crippen LogP contribution >= 0.6 is 11.8 Å². The van der Waals surface area contributed by atoms with E-state index in [2.05, 4.69) is 4.72 Å². The summed E-state index contributed by atoms with van der Waals surface area (Å²) >= 11 is 1.11. The van der Waals surface area contributed by atoms with Crippen LogP contribution in [0.1, 0.15) is 22.6 Å². The van der Waals surface area contributed by atoms with Crippen molar-refractivity contribution in [2.24, 2.45) is 0 Å². The Labute approximate surface area is 217 Å². The monoisotopic (exact) mass is 513 g/mol. The first kappa shape index (κ1) is 25.6. The summed E-state index contributed by atoms with van der Waals surface area (Å²) in [5, 5.41) is -0.151. The highest BCUT2D eigenvalue weighted by Gasteiger charge is 2.32. The molecule has 0 saturated heterocycles. The SMILES string of the molecule is Cc1ccc(S(=O)(=O)N[C@H](/C=C/c2ccccc2)[C@@H](C(=O)Sc2ccccc2)c2ccccc2)cc1. The molecule has 182 valence electrons. The second-order valence-electron chi connectivity index (χ2n) is 8.35. The van der Waals surface area contributed by atoms with Gasteiger partial charge in [0.15, 0.2) is 0 Å². The molecule has 0 amide bonds. The van der Waals surface area contributed by atoms with Crippen LogP contribution in [0, 0.1) is 6.92 Å². The van der Waals surface area contributed by atoms with Gasteiger partial charge in [0.25, 0.3) is 0 Å². The lowest BCUT2D eigenvalue weighted by molar-refractivity contribution is -0.112. The van der Waals surface area contributed by atoms with Crippen molar-refractivity contribution in [2.45, 2.75) is 28.7 Å². The summed E-state index contributed by atoms with van der Waals surface area (Å²) in [6.45, 7) is 1.90. The number of carbonyl (C=O) groups is 1. The molecule has 0 saturated carbocycles. The van der Waals surface area contributed by atoms with Crippen molar-refractivity contribution in [3.05, 3.63) is 138 Å². The molecule has 0 bridgehead atoms. The quantitative estimate of drug-likeness (QED) is 0.261. The van der Waals surface area contributed by atoms with Crippen LogP contribution in [0.5, 0.6) is 0 Å². The molecule has 0 unspecified atom stereocenters. The van der Waals surface area contributed by atoms with Gasteiger partial charge >= 0.3 is 0 Å². The maximum absolute atomic E-state index is 13.7. The molecule has 36 heavy (non-hydrogen) atoms. The van der Waals surface area contributed by atoms with Crippen molar-refractivity contribution in [1.82, 2.24) is 4.72 Å². The number of hydrogen-bond acceptors (Lipinski definition) is 4. The highest BCUT2D eigenvalue weighted by Crippen LogP contribution is 2.32. The molecule has 0 aliphatic rings. The van der Waals surface area contributed by atoms with E-state index >= 15 is 0 Å². The fourth-order valence-electron chi connectivity index (χ4n) is 3.78. The van der Waals surface area contributed by atoms with Crippen LogP contribution in [-0.2, 0) is 14.8 Å². The Morgan fingerprint density at radius 1 is 0.778 bits per heavy atom. The van der Waals surface area contributed by atoms with Gasteiger partial charge in [0, 0.05) is 4.90 Å². The van der Waals surface area contributed by atoms with E-state index in [1.807, 2.05) is 104 Å². The summed E-state index contributed by atoms with van der Waals surface area (Å²) in [6, 6.07) is 34.2. The molecule has 6 heteroatoms. The van der Waals surface area contributed by atoms with Crippen molar-refractivity contribution in [3.8, 4) is 0 Å². The number of rotatable bonds is 9. The average molecular weight is 514 g/mol. The summed E-state index contributed by atoms with van der Waals surface area (Å²) in [4.78, 5) is 14.7. The molecule has 0 aliphatic carbocycles. The Morgan fingerprint density at radius 3 is 1.94 bits per heavy atom. The van der Waals surface area contributed by atoms with Crippen LogP contribution in [-0.4, -0.2) is 19.6 Å². The Morgan fingerprint density at radius 2 is 1.33 bits per heavy atom. The van der Waals surface area contributed by atoms with Crippen molar-refractivity contribution in [1.29, 1.82) is 0 Å². The van der Waals surface area contributed by atoms with E-state index in [-0.39, 0.29) is 10.0 Å². The third-order valence-corrected chi connectivity index (χ3v) is 8.09. The molecule has 4 aromatic carbocycles. The number of aryl methyl sites for hydroxylation is 1. The van der Waals surface area contributed by atoms with Crippen molar-refractivity contribution in [3.63, 3.8) is 0 Å². The summed E-state index contributed by atoms with van der Waals surface area (Å²) in [5.41, 5.74) is 2.61. The molecule has 4 rings (SSSR count). The lowest BCUT2D eigenvalue weighted by Crippen LogP contribution is -2.40. The first-order valence-electron chi connectivity index (χ1n) is 11.6. The first-order valence-corrected chi connectivity index (χ1v) is 13.9. The summed E-state index contributed by atoms with van der Waals surface area (Å²) in [6.07, 6.45) is 3.61. The van der Waals surface area contributed by atoms with Crippen LogP contribution in [0.2, 0.25) is 0 Å². The zero-order valence-corrected chi connectivity index (χ0v) is 21.5. The highest BCUT2D eigenvalue weighted by atomic mass is 32.2. The molecular formula is C30H27NO3S2. The molecule has 0 aliphatic heterocycles. The minimum Gasteiger partial charge on any atom is -0.286 e. The number of benzene rings is 4. The molecule has 4 nitrogen and oxygen atoms in total. The lowest BCUT2D eigenvalue weighted by atomic mass is 9.92. The Hall–Kier alpha value is -3.45. The van der Waals surface area contributed by atoms with E-state index in [9.17, 15) is 13.2 Å². The average Bonchev–Trinajstić information content (AvgIpc) is 2.89. The molecular weight excluding hydrogens is 486 g/mol. The Balaban J connectivity index is 1.75. The van der Waals surface area contributed by atoms with Gasteiger partial charge in [0.1, 0.15) is 0 Å². The van der Waals surface area contributed by atoms with Crippen LogP contribution in [0.15, 0.2) is 131 Å². The van der Waals surface area contributed by atoms with E-state index in [1.165, 1.54) is 0 Å². The molecule has 0 spiro atoms. The summed E-state index contributed by atoms with van der Waals surface area (Å²) < 4.78 is 29.7. The molecule has 0 fully saturated rings. The van der Waals surface area contributed by atoms with Gasteiger partial charge in [-0.3, -0.25) is 4.79 Å². The van der Waals surface area contributed by atoms with E-state index in [4.69, 9.17) is 0 Å². The second kappa shape index (κ2) is 12.0. The van der Waals surface area contributed by atoms with E-state index in [0.29, 0.717) is 0 Å². The van der Waals surface area contributed by atoms with Gasteiger partial charge in [-0.15, -0.1) is 0 Å². The van der Waals surface area contributed by atoms with Crippen molar-refractivity contribution in [2.75, 3.05) is 0 Å². The number of sulfonamides is 1. The fourth-order valence-corrected chi connectivity index (χ4v) is 5.92. The minimum absolute atomic E-state index is 0.151.